The predicted octanol–water partition coefficient (Wildman–Crippen LogP) is 4.76. The van der Waals surface area contributed by atoms with Gasteiger partial charge in [-0.15, -0.1) is 0 Å². The zero-order valence-corrected chi connectivity index (χ0v) is 18.7. The Morgan fingerprint density at radius 3 is 2.43 bits per heavy atom. The third-order valence-corrected chi connectivity index (χ3v) is 5.84. The number of amides is 1. The van der Waals surface area contributed by atoms with E-state index in [0.29, 0.717) is 24.5 Å². The molecule has 0 bridgehead atoms. The molecule has 1 saturated heterocycles. The van der Waals surface area contributed by atoms with E-state index in [0.717, 1.165) is 48.8 Å². The summed E-state index contributed by atoms with van der Waals surface area (Å²) in [5.41, 5.74) is 4.82. The van der Waals surface area contributed by atoms with Gasteiger partial charge in [0.25, 0.3) is 5.91 Å². The molecule has 0 N–H and O–H groups in total. The standard InChI is InChI=1S/C24H33NO5/c1-6-17-13-15(4)14-18(7-2)20(17)21-22(30-24(27)29-16(5)28-8-3)19-11-9-10-12-25(19)23(21)26/h13-14,16,19H,6-12H2,1-5H3. The van der Waals surface area contributed by atoms with Gasteiger partial charge in [0, 0.05) is 13.2 Å². The minimum atomic E-state index is -0.827. The molecule has 0 aromatic heterocycles. The minimum absolute atomic E-state index is 0.0476. The van der Waals surface area contributed by atoms with Crippen LogP contribution in [-0.2, 0) is 31.8 Å². The summed E-state index contributed by atoms with van der Waals surface area (Å²) in [6.45, 7) is 10.8. The largest absolute Gasteiger partial charge is 0.515 e. The normalized spacial score (nSPS) is 19.7. The first-order chi connectivity index (χ1) is 14.4. The molecule has 0 spiro atoms. The number of rotatable bonds is 7. The molecule has 1 aromatic carbocycles. The number of fused-ring (bicyclic) bond motifs is 1. The lowest BCUT2D eigenvalue weighted by Crippen LogP contribution is -2.40. The zero-order chi connectivity index (χ0) is 21.8. The van der Waals surface area contributed by atoms with Crippen LogP contribution in [0, 0.1) is 6.92 Å². The Morgan fingerprint density at radius 1 is 1.17 bits per heavy atom. The van der Waals surface area contributed by atoms with Crippen molar-refractivity contribution in [1.82, 2.24) is 4.90 Å². The topological polar surface area (TPSA) is 65.1 Å². The fraction of sp³-hybridized carbons (Fsp3) is 0.583. The van der Waals surface area contributed by atoms with Gasteiger partial charge in [0.2, 0.25) is 6.29 Å². The highest BCUT2D eigenvalue weighted by molar-refractivity contribution is 6.23. The Balaban J connectivity index is 2.08. The molecule has 6 heteroatoms. The third kappa shape index (κ3) is 4.38. The molecule has 3 rings (SSSR count). The number of ether oxygens (including phenoxy) is 3. The fourth-order valence-corrected chi connectivity index (χ4v) is 4.55. The second-order valence-electron chi connectivity index (χ2n) is 7.91. The molecule has 0 radical (unpaired) electrons. The van der Waals surface area contributed by atoms with Crippen LogP contribution in [0.25, 0.3) is 5.57 Å². The Morgan fingerprint density at radius 2 is 1.83 bits per heavy atom. The Bertz CT molecular complexity index is 819. The van der Waals surface area contributed by atoms with Crippen molar-refractivity contribution in [2.24, 2.45) is 0 Å². The van der Waals surface area contributed by atoms with E-state index in [1.165, 1.54) is 5.56 Å². The highest BCUT2D eigenvalue weighted by Crippen LogP contribution is 2.41. The van der Waals surface area contributed by atoms with Gasteiger partial charge in [-0.1, -0.05) is 31.5 Å². The Labute approximate surface area is 179 Å². The van der Waals surface area contributed by atoms with Crippen molar-refractivity contribution in [3.05, 3.63) is 40.1 Å². The summed E-state index contributed by atoms with van der Waals surface area (Å²) >= 11 is 0. The number of benzene rings is 1. The highest BCUT2D eigenvalue weighted by Gasteiger charge is 2.44. The molecular weight excluding hydrogens is 382 g/mol. The molecule has 0 aliphatic carbocycles. The van der Waals surface area contributed by atoms with E-state index in [9.17, 15) is 9.59 Å². The summed E-state index contributed by atoms with van der Waals surface area (Å²) in [5, 5.41) is 0. The molecule has 2 aliphatic heterocycles. The lowest BCUT2D eigenvalue weighted by molar-refractivity contribution is -0.126. The average Bonchev–Trinajstić information content (AvgIpc) is 2.99. The van der Waals surface area contributed by atoms with Crippen molar-refractivity contribution in [3.8, 4) is 0 Å². The number of carbonyl (C=O) groups is 2. The lowest BCUT2D eigenvalue weighted by Gasteiger charge is -2.30. The van der Waals surface area contributed by atoms with Gasteiger partial charge in [0.15, 0.2) is 0 Å². The van der Waals surface area contributed by atoms with Crippen LogP contribution in [-0.4, -0.2) is 42.4 Å². The molecule has 1 fully saturated rings. The van der Waals surface area contributed by atoms with E-state index in [2.05, 4.69) is 32.9 Å². The van der Waals surface area contributed by atoms with Gasteiger partial charge in [-0.3, -0.25) is 4.79 Å². The van der Waals surface area contributed by atoms with Crippen LogP contribution in [0.15, 0.2) is 17.9 Å². The van der Waals surface area contributed by atoms with E-state index >= 15 is 0 Å². The molecule has 2 aliphatic rings. The molecule has 1 amide bonds. The van der Waals surface area contributed by atoms with Crippen molar-refractivity contribution in [3.63, 3.8) is 0 Å². The van der Waals surface area contributed by atoms with Crippen LogP contribution >= 0.6 is 0 Å². The average molecular weight is 416 g/mol. The molecule has 2 atom stereocenters. The second-order valence-corrected chi connectivity index (χ2v) is 7.91. The lowest BCUT2D eigenvalue weighted by atomic mass is 9.89. The summed E-state index contributed by atoms with van der Waals surface area (Å²) in [6, 6.07) is 4.03. The monoisotopic (exact) mass is 415 g/mol. The van der Waals surface area contributed by atoms with E-state index in [1.807, 2.05) is 11.8 Å². The first-order valence-electron chi connectivity index (χ1n) is 11.1. The summed E-state index contributed by atoms with van der Waals surface area (Å²) in [7, 11) is 0. The minimum Gasteiger partial charge on any atom is -0.404 e. The van der Waals surface area contributed by atoms with Gasteiger partial charge in [0.1, 0.15) is 5.76 Å². The Hall–Kier alpha value is -2.34. The second kappa shape index (κ2) is 9.65. The number of carbonyl (C=O) groups excluding carboxylic acids is 2. The fourth-order valence-electron chi connectivity index (χ4n) is 4.55. The van der Waals surface area contributed by atoms with Crippen molar-refractivity contribution in [2.75, 3.05) is 13.2 Å². The molecule has 6 nitrogen and oxygen atoms in total. The molecule has 0 saturated carbocycles. The molecule has 2 heterocycles. The third-order valence-electron chi connectivity index (χ3n) is 5.84. The van der Waals surface area contributed by atoms with Crippen molar-refractivity contribution < 1.29 is 23.8 Å². The number of hydrogen-bond acceptors (Lipinski definition) is 5. The zero-order valence-electron chi connectivity index (χ0n) is 18.7. The number of piperidine rings is 1. The SMILES string of the molecule is CCOC(C)OC(=O)OC1=C(c2c(CC)cc(C)cc2CC)C(=O)N2CCCCC12. The van der Waals surface area contributed by atoms with Crippen LogP contribution in [0.1, 0.15) is 69.2 Å². The maximum atomic E-state index is 13.5. The first kappa shape index (κ1) is 22.3. The highest BCUT2D eigenvalue weighted by atomic mass is 16.8. The van der Waals surface area contributed by atoms with Gasteiger partial charge in [-0.2, -0.15) is 0 Å². The maximum absolute atomic E-state index is 13.5. The van der Waals surface area contributed by atoms with Gasteiger partial charge in [-0.05, 0) is 69.6 Å². The molecular formula is C24H33NO5. The van der Waals surface area contributed by atoms with E-state index in [4.69, 9.17) is 14.2 Å². The van der Waals surface area contributed by atoms with Crippen LogP contribution in [0.3, 0.4) is 0 Å². The predicted molar refractivity (Wildman–Crippen MR) is 115 cm³/mol. The van der Waals surface area contributed by atoms with Crippen LogP contribution in [0.4, 0.5) is 4.79 Å². The van der Waals surface area contributed by atoms with Crippen LogP contribution in [0.5, 0.6) is 0 Å². The molecule has 1 aromatic rings. The van der Waals surface area contributed by atoms with Crippen molar-refractivity contribution in [1.29, 1.82) is 0 Å². The Kier molecular flexibility index (Phi) is 7.19. The van der Waals surface area contributed by atoms with E-state index < -0.39 is 12.4 Å². The first-order valence-corrected chi connectivity index (χ1v) is 11.1. The van der Waals surface area contributed by atoms with E-state index in [1.54, 1.807) is 6.92 Å². The van der Waals surface area contributed by atoms with Gasteiger partial charge >= 0.3 is 6.16 Å². The maximum Gasteiger partial charge on any atom is 0.515 e. The summed E-state index contributed by atoms with van der Waals surface area (Å²) in [4.78, 5) is 27.9. The number of aryl methyl sites for hydroxylation is 3. The van der Waals surface area contributed by atoms with Gasteiger partial charge in [-0.25, -0.2) is 4.79 Å². The van der Waals surface area contributed by atoms with Crippen molar-refractivity contribution >= 4 is 17.6 Å². The van der Waals surface area contributed by atoms with Crippen LogP contribution < -0.4 is 0 Å². The molecule has 30 heavy (non-hydrogen) atoms. The molecule has 2 unspecified atom stereocenters. The summed E-state index contributed by atoms with van der Waals surface area (Å²) in [6.07, 6.45) is 2.80. The molecule has 164 valence electrons. The summed E-state index contributed by atoms with van der Waals surface area (Å²) < 4.78 is 16.3. The summed E-state index contributed by atoms with van der Waals surface area (Å²) in [5.74, 6) is 0.385. The number of nitrogens with zero attached hydrogens (tertiary/aromatic N) is 1. The van der Waals surface area contributed by atoms with Gasteiger partial charge < -0.3 is 19.1 Å². The van der Waals surface area contributed by atoms with Crippen LogP contribution in [0.2, 0.25) is 0 Å². The quantitative estimate of drug-likeness (QED) is 0.474. The van der Waals surface area contributed by atoms with E-state index in [-0.39, 0.29) is 11.9 Å². The van der Waals surface area contributed by atoms with Crippen molar-refractivity contribution in [2.45, 2.75) is 79.1 Å². The smallest absolute Gasteiger partial charge is 0.404 e. The number of hydrogen-bond donors (Lipinski definition) is 0. The van der Waals surface area contributed by atoms with Gasteiger partial charge in [0.05, 0.1) is 11.6 Å².